The molecule has 2 aromatic rings. The number of fused-ring (bicyclic) bond motifs is 1. The molecule has 0 spiro atoms. The van der Waals surface area contributed by atoms with Crippen LogP contribution in [0.25, 0.3) is 0 Å². The molecule has 5 heteroatoms. The van der Waals surface area contributed by atoms with Gasteiger partial charge in [-0.1, -0.05) is 30.3 Å². The van der Waals surface area contributed by atoms with Crippen molar-refractivity contribution in [2.75, 3.05) is 32.9 Å². The number of benzene rings is 1. The number of nitrogens with zero attached hydrogens (tertiary/aromatic N) is 3. The minimum atomic E-state index is 0.294. The maximum atomic E-state index is 5.81. The van der Waals surface area contributed by atoms with Crippen LogP contribution < -0.4 is 0 Å². The van der Waals surface area contributed by atoms with Gasteiger partial charge in [0.1, 0.15) is 0 Å². The average Bonchev–Trinajstić information content (AvgIpc) is 3.06. The summed E-state index contributed by atoms with van der Waals surface area (Å²) in [5, 5.41) is 4.44. The highest BCUT2D eigenvalue weighted by Crippen LogP contribution is 2.20. The second kappa shape index (κ2) is 8.24. The highest BCUT2D eigenvalue weighted by atomic mass is 16.5. The summed E-state index contributed by atoms with van der Waals surface area (Å²) in [5.41, 5.74) is 2.47. The Morgan fingerprint density at radius 1 is 1.17 bits per heavy atom. The zero-order valence-corrected chi connectivity index (χ0v) is 13.7. The van der Waals surface area contributed by atoms with Crippen LogP contribution in [0.15, 0.2) is 42.6 Å². The second-order valence-corrected chi connectivity index (χ2v) is 5.85. The van der Waals surface area contributed by atoms with E-state index >= 15 is 0 Å². The normalized spacial score (nSPS) is 18.0. The monoisotopic (exact) mass is 315 g/mol. The Kier molecular flexibility index (Phi) is 5.80. The van der Waals surface area contributed by atoms with Crippen molar-refractivity contribution in [3.05, 3.63) is 53.9 Å². The summed E-state index contributed by atoms with van der Waals surface area (Å²) in [6.07, 6.45) is 1.88. The third-order valence-corrected chi connectivity index (χ3v) is 4.13. The topological polar surface area (TPSA) is 39.5 Å². The first-order valence-electron chi connectivity index (χ1n) is 8.31. The molecule has 0 aliphatic carbocycles. The molecule has 0 fully saturated rings. The van der Waals surface area contributed by atoms with E-state index in [4.69, 9.17) is 9.47 Å². The van der Waals surface area contributed by atoms with Crippen molar-refractivity contribution in [3.8, 4) is 0 Å². The van der Waals surface area contributed by atoms with Crippen molar-refractivity contribution < 1.29 is 9.47 Å². The van der Waals surface area contributed by atoms with Gasteiger partial charge in [0.05, 0.1) is 31.6 Å². The van der Waals surface area contributed by atoms with E-state index in [9.17, 15) is 0 Å². The predicted molar refractivity (Wildman–Crippen MR) is 89.1 cm³/mol. The van der Waals surface area contributed by atoms with Gasteiger partial charge >= 0.3 is 0 Å². The van der Waals surface area contributed by atoms with E-state index < -0.39 is 0 Å². The summed E-state index contributed by atoms with van der Waals surface area (Å²) in [6.45, 7) is 7.72. The van der Waals surface area contributed by atoms with Gasteiger partial charge in [0.15, 0.2) is 0 Å². The molecule has 0 saturated carbocycles. The molecule has 1 atom stereocenters. The largest absolute Gasteiger partial charge is 0.379 e. The van der Waals surface area contributed by atoms with Crippen LogP contribution in [0.2, 0.25) is 0 Å². The van der Waals surface area contributed by atoms with Gasteiger partial charge in [0.25, 0.3) is 0 Å². The summed E-state index contributed by atoms with van der Waals surface area (Å²) in [5.74, 6) is 0. The average molecular weight is 315 g/mol. The summed E-state index contributed by atoms with van der Waals surface area (Å²) in [7, 11) is 0. The first-order valence-corrected chi connectivity index (χ1v) is 8.31. The Bertz CT molecular complexity index is 585. The Labute approximate surface area is 137 Å². The Balaban J connectivity index is 1.47. The molecule has 1 aliphatic rings. The van der Waals surface area contributed by atoms with E-state index in [1.54, 1.807) is 0 Å². The molecule has 3 rings (SSSR count). The molecule has 124 valence electrons. The lowest BCUT2D eigenvalue weighted by Gasteiger charge is -2.33. The molecule has 0 bridgehead atoms. The molecule has 0 unspecified atom stereocenters. The number of hydrogen-bond donors (Lipinski definition) is 0. The van der Waals surface area contributed by atoms with Crippen LogP contribution in [0.5, 0.6) is 0 Å². The summed E-state index contributed by atoms with van der Waals surface area (Å²) in [4.78, 5) is 2.42. The van der Waals surface area contributed by atoms with Crippen LogP contribution >= 0.6 is 0 Å². The van der Waals surface area contributed by atoms with Crippen LogP contribution in [0.3, 0.4) is 0 Å². The predicted octanol–water partition coefficient (Wildman–Crippen LogP) is 2.49. The van der Waals surface area contributed by atoms with E-state index in [2.05, 4.69) is 32.9 Å². The summed E-state index contributed by atoms with van der Waals surface area (Å²) in [6, 6.07) is 12.7. The highest BCUT2D eigenvalue weighted by Gasteiger charge is 2.25. The van der Waals surface area contributed by atoms with E-state index in [0.717, 1.165) is 32.8 Å². The van der Waals surface area contributed by atoms with Crippen molar-refractivity contribution >= 4 is 0 Å². The van der Waals surface area contributed by atoms with Crippen molar-refractivity contribution in [1.29, 1.82) is 0 Å². The van der Waals surface area contributed by atoms with Gasteiger partial charge in [-0.3, -0.25) is 9.58 Å². The lowest BCUT2D eigenvalue weighted by Crippen LogP contribution is -2.41. The van der Waals surface area contributed by atoms with Gasteiger partial charge in [-0.05, 0) is 18.6 Å². The molecule has 0 saturated heterocycles. The zero-order chi connectivity index (χ0) is 15.9. The van der Waals surface area contributed by atoms with Gasteiger partial charge < -0.3 is 9.47 Å². The van der Waals surface area contributed by atoms with E-state index in [1.165, 1.54) is 11.3 Å². The van der Waals surface area contributed by atoms with Crippen LogP contribution in [-0.2, 0) is 22.6 Å². The molecule has 0 amide bonds. The maximum Gasteiger partial charge on any atom is 0.0883 e. The molecular formula is C18H25N3O2. The van der Waals surface area contributed by atoms with Crippen LogP contribution in [-0.4, -0.2) is 47.6 Å². The first-order chi connectivity index (χ1) is 11.4. The van der Waals surface area contributed by atoms with Crippen molar-refractivity contribution in [3.63, 3.8) is 0 Å². The fourth-order valence-corrected chi connectivity index (χ4v) is 2.97. The minimum Gasteiger partial charge on any atom is -0.379 e. The second-order valence-electron chi connectivity index (χ2n) is 5.85. The SMILES string of the molecule is CCOC[C@H]1CN(CCOCc2ccccc2)Cc2ccnn21. The fourth-order valence-electron chi connectivity index (χ4n) is 2.97. The molecule has 0 N–H and O–H groups in total. The molecule has 23 heavy (non-hydrogen) atoms. The lowest BCUT2D eigenvalue weighted by atomic mass is 10.2. The lowest BCUT2D eigenvalue weighted by molar-refractivity contribution is 0.0477. The summed E-state index contributed by atoms with van der Waals surface area (Å²) < 4.78 is 13.5. The quantitative estimate of drug-likeness (QED) is 0.702. The standard InChI is InChI=1S/C18H25N3O2/c1-2-22-15-18-13-20(12-17-8-9-19-21(17)18)10-11-23-14-16-6-4-3-5-7-16/h3-9,18H,2,10-15H2,1H3/t18-/m1/s1. The van der Waals surface area contributed by atoms with Crippen LogP contribution in [0.1, 0.15) is 24.2 Å². The molecule has 5 nitrogen and oxygen atoms in total. The number of ether oxygens (including phenoxy) is 2. The number of rotatable bonds is 8. The van der Waals surface area contributed by atoms with Gasteiger partial charge in [-0.25, -0.2) is 0 Å². The van der Waals surface area contributed by atoms with Crippen molar-refractivity contribution in [1.82, 2.24) is 14.7 Å². The van der Waals surface area contributed by atoms with Gasteiger partial charge in [-0.2, -0.15) is 5.10 Å². The van der Waals surface area contributed by atoms with E-state index in [0.29, 0.717) is 19.3 Å². The zero-order valence-electron chi connectivity index (χ0n) is 13.7. The molecule has 1 aromatic heterocycles. The Hall–Kier alpha value is -1.69. The third kappa shape index (κ3) is 4.41. The Morgan fingerprint density at radius 3 is 2.87 bits per heavy atom. The third-order valence-electron chi connectivity index (χ3n) is 4.13. The maximum absolute atomic E-state index is 5.81. The van der Waals surface area contributed by atoms with Crippen LogP contribution in [0, 0.1) is 0 Å². The smallest absolute Gasteiger partial charge is 0.0883 e. The number of hydrogen-bond acceptors (Lipinski definition) is 4. The van der Waals surface area contributed by atoms with Gasteiger partial charge in [0.2, 0.25) is 0 Å². The minimum absolute atomic E-state index is 0.294. The van der Waals surface area contributed by atoms with Gasteiger partial charge in [0, 0.05) is 32.4 Å². The van der Waals surface area contributed by atoms with E-state index in [-0.39, 0.29) is 0 Å². The molecular weight excluding hydrogens is 290 g/mol. The fraction of sp³-hybridized carbons (Fsp3) is 0.500. The molecule has 2 heterocycles. The van der Waals surface area contributed by atoms with Gasteiger partial charge in [-0.15, -0.1) is 0 Å². The first kappa shape index (κ1) is 16.2. The highest BCUT2D eigenvalue weighted by molar-refractivity contribution is 5.13. The number of aromatic nitrogens is 2. The van der Waals surface area contributed by atoms with Crippen molar-refractivity contribution in [2.24, 2.45) is 0 Å². The van der Waals surface area contributed by atoms with Crippen molar-refractivity contribution in [2.45, 2.75) is 26.1 Å². The molecule has 0 radical (unpaired) electrons. The molecule has 1 aliphatic heterocycles. The summed E-state index contributed by atoms with van der Waals surface area (Å²) >= 11 is 0. The van der Waals surface area contributed by atoms with E-state index in [1.807, 2.05) is 31.3 Å². The van der Waals surface area contributed by atoms with Crippen LogP contribution in [0.4, 0.5) is 0 Å². The molecule has 1 aromatic carbocycles. The Morgan fingerprint density at radius 2 is 2.04 bits per heavy atom.